The highest BCUT2D eigenvalue weighted by Gasteiger charge is 2.25. The second-order valence-electron chi connectivity index (χ2n) is 4.72. The van der Waals surface area contributed by atoms with Crippen molar-refractivity contribution >= 4 is 23.4 Å². The lowest BCUT2D eigenvalue weighted by Gasteiger charge is -2.05. The number of rotatable bonds is 5. The van der Waals surface area contributed by atoms with E-state index in [4.69, 9.17) is 11.6 Å². The van der Waals surface area contributed by atoms with Gasteiger partial charge in [0.1, 0.15) is 11.0 Å². The molecule has 1 aromatic heterocycles. The molecule has 88 valence electrons. The highest BCUT2D eigenvalue weighted by molar-refractivity contribution is 7.98. The lowest BCUT2D eigenvalue weighted by atomic mass is 10.3. The number of hydrogen-bond acceptors (Lipinski definition) is 3. The molecule has 0 atom stereocenters. The van der Waals surface area contributed by atoms with Gasteiger partial charge in [-0.05, 0) is 30.6 Å². The van der Waals surface area contributed by atoms with Crippen LogP contribution in [0.15, 0.2) is 6.07 Å². The van der Waals surface area contributed by atoms with Crippen molar-refractivity contribution < 1.29 is 0 Å². The fourth-order valence-electron chi connectivity index (χ4n) is 1.52. The maximum absolute atomic E-state index is 6.00. The van der Waals surface area contributed by atoms with Crippen molar-refractivity contribution in [1.29, 1.82) is 0 Å². The van der Waals surface area contributed by atoms with Gasteiger partial charge >= 0.3 is 0 Å². The second-order valence-corrected chi connectivity index (χ2v) is 6.13. The molecule has 4 heteroatoms. The SMILES string of the molecule is CC(C)CSCc1nc(Cl)cc(C2CC2)n1. The van der Waals surface area contributed by atoms with E-state index in [1.807, 2.05) is 17.8 Å². The molecule has 2 rings (SSSR count). The van der Waals surface area contributed by atoms with Crippen molar-refractivity contribution in [2.24, 2.45) is 5.92 Å². The van der Waals surface area contributed by atoms with Gasteiger partial charge in [-0.25, -0.2) is 9.97 Å². The summed E-state index contributed by atoms with van der Waals surface area (Å²) >= 11 is 7.88. The molecule has 16 heavy (non-hydrogen) atoms. The van der Waals surface area contributed by atoms with E-state index >= 15 is 0 Å². The molecular weight excluding hydrogens is 240 g/mol. The van der Waals surface area contributed by atoms with Crippen LogP contribution in [0.4, 0.5) is 0 Å². The summed E-state index contributed by atoms with van der Waals surface area (Å²) in [5.74, 6) is 4.27. The Morgan fingerprint density at radius 1 is 1.44 bits per heavy atom. The first kappa shape index (κ1) is 12.2. The molecule has 2 nitrogen and oxygen atoms in total. The highest BCUT2D eigenvalue weighted by atomic mass is 35.5. The average molecular weight is 257 g/mol. The van der Waals surface area contributed by atoms with Crippen LogP contribution in [0.25, 0.3) is 0 Å². The van der Waals surface area contributed by atoms with Gasteiger partial charge in [0.2, 0.25) is 0 Å². The lowest BCUT2D eigenvalue weighted by Crippen LogP contribution is -1.99. The van der Waals surface area contributed by atoms with Gasteiger partial charge in [-0.1, -0.05) is 25.4 Å². The summed E-state index contributed by atoms with van der Waals surface area (Å²) in [5, 5.41) is 0.594. The Kier molecular flexibility index (Phi) is 4.09. The first-order valence-electron chi connectivity index (χ1n) is 5.76. The Balaban J connectivity index is 1.97. The number of thioether (sulfide) groups is 1. The van der Waals surface area contributed by atoms with E-state index < -0.39 is 0 Å². The topological polar surface area (TPSA) is 25.8 Å². The van der Waals surface area contributed by atoms with E-state index in [0.717, 1.165) is 23.0 Å². The molecule has 0 amide bonds. The molecule has 1 aliphatic carbocycles. The summed E-state index contributed by atoms with van der Waals surface area (Å²) in [4.78, 5) is 8.85. The largest absolute Gasteiger partial charge is 0.237 e. The van der Waals surface area contributed by atoms with Crippen molar-refractivity contribution in [2.45, 2.75) is 38.4 Å². The molecule has 0 radical (unpaired) electrons. The fourth-order valence-corrected chi connectivity index (χ4v) is 2.63. The van der Waals surface area contributed by atoms with Crippen LogP contribution in [0.5, 0.6) is 0 Å². The highest BCUT2D eigenvalue weighted by Crippen LogP contribution is 2.39. The number of hydrogen-bond donors (Lipinski definition) is 0. The van der Waals surface area contributed by atoms with Gasteiger partial charge in [0, 0.05) is 11.6 Å². The van der Waals surface area contributed by atoms with Gasteiger partial charge in [0.15, 0.2) is 0 Å². The predicted molar refractivity (Wildman–Crippen MR) is 70.0 cm³/mol. The van der Waals surface area contributed by atoms with E-state index in [0.29, 0.717) is 17.0 Å². The Morgan fingerprint density at radius 2 is 2.19 bits per heavy atom. The summed E-state index contributed by atoms with van der Waals surface area (Å²) in [7, 11) is 0. The Bertz CT molecular complexity index is 364. The number of nitrogens with zero attached hydrogens (tertiary/aromatic N) is 2. The third-order valence-electron chi connectivity index (χ3n) is 2.44. The summed E-state index contributed by atoms with van der Waals surface area (Å²) in [5.41, 5.74) is 1.14. The normalized spacial score (nSPS) is 15.8. The minimum absolute atomic E-state index is 0.594. The van der Waals surface area contributed by atoms with Crippen molar-refractivity contribution in [3.05, 3.63) is 22.7 Å². The van der Waals surface area contributed by atoms with E-state index in [1.165, 1.54) is 12.8 Å². The van der Waals surface area contributed by atoms with Crippen molar-refractivity contribution in [3.63, 3.8) is 0 Å². The third kappa shape index (κ3) is 3.63. The lowest BCUT2D eigenvalue weighted by molar-refractivity contribution is 0.749. The summed E-state index contributed by atoms with van der Waals surface area (Å²) in [6.45, 7) is 4.45. The summed E-state index contributed by atoms with van der Waals surface area (Å²) in [6, 6.07) is 1.91. The average Bonchev–Trinajstić information content (AvgIpc) is 2.99. The quantitative estimate of drug-likeness (QED) is 0.748. The van der Waals surface area contributed by atoms with Crippen molar-refractivity contribution in [3.8, 4) is 0 Å². The zero-order valence-corrected chi connectivity index (χ0v) is 11.3. The van der Waals surface area contributed by atoms with Crippen LogP contribution in [0.3, 0.4) is 0 Å². The van der Waals surface area contributed by atoms with E-state index in [1.54, 1.807) is 0 Å². The molecule has 0 unspecified atom stereocenters. The molecule has 0 bridgehead atoms. The standard InChI is InChI=1S/C12H17ClN2S/c1-8(2)6-16-7-12-14-10(9-3-4-9)5-11(13)15-12/h5,8-9H,3-4,6-7H2,1-2H3. The third-order valence-corrected chi connectivity index (χ3v) is 4.00. The Morgan fingerprint density at radius 3 is 2.81 bits per heavy atom. The summed E-state index contributed by atoms with van der Waals surface area (Å²) < 4.78 is 0. The minimum atomic E-state index is 0.594. The molecular formula is C12H17ClN2S. The van der Waals surface area contributed by atoms with Crippen LogP contribution in [0.1, 0.15) is 44.1 Å². The number of halogens is 1. The first-order chi connectivity index (χ1) is 7.65. The molecule has 0 N–H and O–H groups in total. The van der Waals surface area contributed by atoms with Crippen LogP contribution in [0.2, 0.25) is 5.15 Å². The molecule has 1 heterocycles. The zero-order valence-electron chi connectivity index (χ0n) is 9.74. The Labute approximate surface area is 106 Å². The Hall–Kier alpha value is -0.280. The second kappa shape index (κ2) is 5.37. The molecule has 1 aromatic rings. The van der Waals surface area contributed by atoms with Crippen LogP contribution >= 0.6 is 23.4 Å². The van der Waals surface area contributed by atoms with Gasteiger partial charge < -0.3 is 0 Å². The van der Waals surface area contributed by atoms with E-state index in [2.05, 4.69) is 23.8 Å². The maximum Gasteiger partial charge on any atom is 0.140 e. The molecule has 0 aromatic carbocycles. The summed E-state index contributed by atoms with van der Waals surface area (Å²) in [6.07, 6.45) is 2.51. The van der Waals surface area contributed by atoms with Gasteiger partial charge in [-0.2, -0.15) is 11.8 Å². The smallest absolute Gasteiger partial charge is 0.140 e. The minimum Gasteiger partial charge on any atom is -0.237 e. The van der Waals surface area contributed by atoms with Crippen LogP contribution in [-0.4, -0.2) is 15.7 Å². The van der Waals surface area contributed by atoms with Crippen LogP contribution < -0.4 is 0 Å². The van der Waals surface area contributed by atoms with Crippen LogP contribution in [-0.2, 0) is 5.75 Å². The predicted octanol–water partition coefficient (Wildman–Crippen LogP) is 3.90. The van der Waals surface area contributed by atoms with Gasteiger partial charge in [-0.15, -0.1) is 0 Å². The van der Waals surface area contributed by atoms with E-state index in [-0.39, 0.29) is 0 Å². The molecule has 1 saturated carbocycles. The molecule has 0 saturated heterocycles. The van der Waals surface area contributed by atoms with Crippen molar-refractivity contribution in [2.75, 3.05) is 5.75 Å². The van der Waals surface area contributed by atoms with Crippen molar-refractivity contribution in [1.82, 2.24) is 9.97 Å². The van der Waals surface area contributed by atoms with E-state index in [9.17, 15) is 0 Å². The van der Waals surface area contributed by atoms with Gasteiger partial charge in [-0.3, -0.25) is 0 Å². The van der Waals surface area contributed by atoms with Crippen LogP contribution in [0, 0.1) is 5.92 Å². The molecule has 0 spiro atoms. The molecule has 1 aliphatic rings. The van der Waals surface area contributed by atoms with Gasteiger partial charge in [0.05, 0.1) is 5.75 Å². The fraction of sp³-hybridized carbons (Fsp3) is 0.667. The zero-order chi connectivity index (χ0) is 11.5. The molecule has 0 aliphatic heterocycles. The maximum atomic E-state index is 6.00. The first-order valence-corrected chi connectivity index (χ1v) is 7.29. The molecule has 1 fully saturated rings. The van der Waals surface area contributed by atoms with Gasteiger partial charge in [0.25, 0.3) is 0 Å². The monoisotopic (exact) mass is 256 g/mol. The number of aromatic nitrogens is 2.